The molecule has 2 bridgehead atoms. The lowest BCUT2D eigenvalue weighted by Crippen LogP contribution is -2.59. The van der Waals surface area contributed by atoms with Crippen LogP contribution in [0, 0.1) is 5.92 Å². The summed E-state index contributed by atoms with van der Waals surface area (Å²) in [5.74, 6) is 0.0791. The molecular weight excluding hydrogens is 653 g/mol. The van der Waals surface area contributed by atoms with Crippen LogP contribution in [0.15, 0.2) is 0 Å². The lowest BCUT2D eigenvalue weighted by atomic mass is 9.86. The SMILES string of the molecule is CCCCCCCCCCCCCC(=O)OCC(COP(=O)(O)OCC[N+]12CCC(CC1)CC2)OC(=O)CCCCCCCCCCCCC. The van der Waals surface area contributed by atoms with E-state index in [9.17, 15) is 19.0 Å². The van der Waals surface area contributed by atoms with Crippen LogP contribution < -0.4 is 0 Å². The predicted molar refractivity (Wildman–Crippen MR) is 202 cm³/mol. The van der Waals surface area contributed by atoms with Crippen LogP contribution in [0.25, 0.3) is 0 Å². The summed E-state index contributed by atoms with van der Waals surface area (Å²) in [5, 5.41) is 0. The molecule has 0 saturated carbocycles. The number of nitrogens with zero attached hydrogens (tertiary/aromatic N) is 1. The van der Waals surface area contributed by atoms with Crippen molar-refractivity contribution in [3.8, 4) is 0 Å². The number of rotatable bonds is 34. The maximum atomic E-state index is 12.8. The third-order valence-corrected chi connectivity index (χ3v) is 12.0. The van der Waals surface area contributed by atoms with Gasteiger partial charge in [0.05, 0.1) is 26.2 Å². The molecule has 0 aromatic carbocycles. The van der Waals surface area contributed by atoms with Crippen LogP contribution in [-0.4, -0.2) is 73.4 Å². The first-order valence-electron chi connectivity index (χ1n) is 21.1. The molecule has 3 fully saturated rings. The third kappa shape index (κ3) is 22.8. The van der Waals surface area contributed by atoms with E-state index < -0.39 is 19.9 Å². The Morgan fingerprint density at radius 1 is 0.620 bits per heavy atom. The molecule has 3 aliphatic rings. The molecule has 0 aromatic rings. The minimum absolute atomic E-state index is 0.135. The summed E-state index contributed by atoms with van der Waals surface area (Å²) >= 11 is 0. The smallest absolute Gasteiger partial charge is 0.462 e. The molecule has 10 heteroatoms. The second-order valence-electron chi connectivity index (χ2n) is 15.4. The largest absolute Gasteiger partial charge is 0.472 e. The minimum atomic E-state index is -4.36. The fourth-order valence-corrected chi connectivity index (χ4v) is 8.27. The zero-order chi connectivity index (χ0) is 36.2. The van der Waals surface area contributed by atoms with E-state index in [2.05, 4.69) is 13.8 Å². The summed E-state index contributed by atoms with van der Waals surface area (Å²) in [7, 11) is -4.36. The van der Waals surface area contributed by atoms with Crippen molar-refractivity contribution in [2.45, 2.75) is 193 Å². The highest BCUT2D eigenvalue weighted by molar-refractivity contribution is 7.47. The Kier molecular flexibility index (Phi) is 25.7. The van der Waals surface area contributed by atoms with Gasteiger partial charge in [-0.2, -0.15) is 0 Å². The normalized spacial score (nSPS) is 20.4. The number of esters is 2. The Morgan fingerprint density at radius 3 is 1.50 bits per heavy atom. The average molecular weight is 731 g/mol. The molecule has 294 valence electrons. The van der Waals surface area contributed by atoms with E-state index in [1.54, 1.807) is 0 Å². The Labute approximate surface area is 306 Å². The van der Waals surface area contributed by atoms with Crippen LogP contribution in [0.4, 0.5) is 0 Å². The van der Waals surface area contributed by atoms with E-state index in [4.69, 9.17) is 18.5 Å². The van der Waals surface area contributed by atoms with Crippen LogP contribution in [0.3, 0.4) is 0 Å². The highest BCUT2D eigenvalue weighted by Gasteiger charge is 2.40. The Balaban J connectivity index is 1.67. The van der Waals surface area contributed by atoms with E-state index in [0.29, 0.717) is 13.0 Å². The van der Waals surface area contributed by atoms with Crippen LogP contribution in [0.5, 0.6) is 0 Å². The average Bonchev–Trinajstić information content (AvgIpc) is 3.11. The summed E-state index contributed by atoms with van der Waals surface area (Å²) in [4.78, 5) is 35.6. The van der Waals surface area contributed by atoms with Gasteiger partial charge < -0.3 is 18.9 Å². The number of carbonyl (C=O) groups excluding carboxylic acids is 2. The van der Waals surface area contributed by atoms with Gasteiger partial charge in [0.2, 0.25) is 0 Å². The van der Waals surface area contributed by atoms with Crippen molar-refractivity contribution in [3.05, 3.63) is 0 Å². The molecule has 0 aromatic heterocycles. The predicted octanol–water partition coefficient (Wildman–Crippen LogP) is 10.6. The first-order valence-corrected chi connectivity index (χ1v) is 22.6. The van der Waals surface area contributed by atoms with Gasteiger partial charge in [-0.05, 0) is 38.0 Å². The number of hydrogen-bond acceptors (Lipinski definition) is 7. The monoisotopic (exact) mass is 731 g/mol. The lowest BCUT2D eigenvalue weighted by molar-refractivity contribution is -0.942. The van der Waals surface area contributed by atoms with Crippen molar-refractivity contribution in [3.63, 3.8) is 0 Å². The molecule has 0 aliphatic carbocycles. The molecule has 3 aliphatic heterocycles. The molecule has 3 saturated heterocycles. The molecule has 50 heavy (non-hydrogen) atoms. The summed E-state index contributed by atoms with van der Waals surface area (Å²) in [6.45, 7) is 8.04. The number of phosphoric acid groups is 1. The molecular formula is C40H77NO8P+. The summed E-state index contributed by atoms with van der Waals surface area (Å²) in [6.07, 6.45) is 29.5. The Bertz CT molecular complexity index is 896. The molecule has 3 heterocycles. The second-order valence-corrected chi connectivity index (χ2v) is 16.9. The molecule has 2 atom stereocenters. The van der Waals surface area contributed by atoms with Crippen LogP contribution in [-0.2, 0) is 32.7 Å². The van der Waals surface area contributed by atoms with Gasteiger partial charge >= 0.3 is 19.8 Å². The van der Waals surface area contributed by atoms with Gasteiger partial charge in [-0.3, -0.25) is 18.6 Å². The van der Waals surface area contributed by atoms with Gasteiger partial charge in [-0.15, -0.1) is 0 Å². The van der Waals surface area contributed by atoms with Crippen LogP contribution >= 0.6 is 7.82 Å². The first-order chi connectivity index (χ1) is 24.3. The van der Waals surface area contributed by atoms with Crippen molar-refractivity contribution >= 4 is 19.8 Å². The van der Waals surface area contributed by atoms with Crippen LogP contribution in [0.2, 0.25) is 0 Å². The third-order valence-electron chi connectivity index (χ3n) is 11.0. The maximum Gasteiger partial charge on any atom is 0.472 e. The Morgan fingerprint density at radius 2 is 1.04 bits per heavy atom. The molecule has 1 N–H and O–H groups in total. The van der Waals surface area contributed by atoms with E-state index >= 15 is 0 Å². The van der Waals surface area contributed by atoms with Gasteiger partial charge in [-0.1, -0.05) is 142 Å². The second kappa shape index (κ2) is 28.5. The molecule has 2 unspecified atom stereocenters. The van der Waals surface area contributed by atoms with Crippen molar-refractivity contribution in [2.75, 3.05) is 46.0 Å². The topological polar surface area (TPSA) is 108 Å². The summed E-state index contributed by atoms with van der Waals surface area (Å²) in [5.41, 5.74) is 0. The van der Waals surface area contributed by atoms with Crippen molar-refractivity contribution < 1.29 is 42.1 Å². The van der Waals surface area contributed by atoms with Crippen molar-refractivity contribution in [2.24, 2.45) is 5.92 Å². The number of ether oxygens (including phenoxy) is 2. The standard InChI is InChI=1S/C40H76NO8P/c1-3-5-7-9-11-13-15-17-19-21-23-25-39(42)46-35-38(49-40(43)26-24-22-20-18-16-14-12-10-8-6-4-2)36-48-50(44,45)47-34-33-41-30-27-37(28-31-41)29-32-41/h37-38H,3-36H2,1-2H3/p+1. The zero-order valence-corrected chi connectivity index (χ0v) is 33.3. The van der Waals surface area contributed by atoms with Crippen molar-refractivity contribution in [1.82, 2.24) is 0 Å². The van der Waals surface area contributed by atoms with Gasteiger partial charge in [0.1, 0.15) is 19.8 Å². The van der Waals surface area contributed by atoms with Gasteiger partial charge in [-0.25, -0.2) is 4.57 Å². The van der Waals surface area contributed by atoms with E-state index in [1.807, 2.05) is 0 Å². The van der Waals surface area contributed by atoms with Crippen LogP contribution in [0.1, 0.15) is 187 Å². The van der Waals surface area contributed by atoms with Gasteiger partial charge in [0.25, 0.3) is 0 Å². The molecule has 0 spiro atoms. The van der Waals surface area contributed by atoms with E-state index in [0.717, 1.165) is 68.6 Å². The number of carbonyl (C=O) groups is 2. The number of piperidine rings is 3. The highest BCUT2D eigenvalue weighted by atomic mass is 31.2. The molecule has 0 amide bonds. The number of unbranched alkanes of at least 4 members (excludes halogenated alkanes) is 20. The maximum absolute atomic E-state index is 12.8. The first kappa shape index (κ1) is 45.2. The summed E-state index contributed by atoms with van der Waals surface area (Å²) < 4.78 is 35.4. The number of phosphoric ester groups is 1. The minimum Gasteiger partial charge on any atom is -0.462 e. The van der Waals surface area contributed by atoms with Crippen molar-refractivity contribution in [1.29, 1.82) is 0 Å². The number of quaternary nitrogens is 1. The fraction of sp³-hybridized carbons (Fsp3) is 0.950. The Hall–Kier alpha value is -0.990. The van der Waals surface area contributed by atoms with E-state index in [-0.39, 0.29) is 32.2 Å². The van der Waals surface area contributed by atoms with Gasteiger partial charge in [0, 0.05) is 12.8 Å². The summed E-state index contributed by atoms with van der Waals surface area (Å²) in [6, 6.07) is 0. The van der Waals surface area contributed by atoms with E-state index in [1.165, 1.54) is 122 Å². The molecule has 3 rings (SSSR count). The quantitative estimate of drug-likeness (QED) is 0.0302. The number of fused-ring (bicyclic) bond motifs is 3. The number of hydrogen-bond donors (Lipinski definition) is 1. The fourth-order valence-electron chi connectivity index (χ4n) is 7.52. The molecule has 0 radical (unpaired) electrons. The van der Waals surface area contributed by atoms with Gasteiger partial charge in [0.15, 0.2) is 6.10 Å². The highest BCUT2D eigenvalue weighted by Crippen LogP contribution is 2.44. The zero-order valence-electron chi connectivity index (χ0n) is 32.4. The molecule has 9 nitrogen and oxygen atoms in total. The lowest BCUT2D eigenvalue weighted by Gasteiger charge is -2.49.